The van der Waals surface area contributed by atoms with Crippen molar-refractivity contribution in [2.45, 2.75) is 57.1 Å². The maximum Gasteiger partial charge on any atom is 0.00569 e. The number of rotatable bonds is 9. The fourth-order valence-electron chi connectivity index (χ4n) is 2.65. The van der Waals surface area contributed by atoms with Crippen molar-refractivity contribution in [2.24, 2.45) is 0 Å². The van der Waals surface area contributed by atoms with Crippen molar-refractivity contribution >= 4 is 11.8 Å². The highest BCUT2D eigenvalue weighted by atomic mass is 32.2. The van der Waals surface area contributed by atoms with Gasteiger partial charge in [0.25, 0.3) is 0 Å². The van der Waals surface area contributed by atoms with Gasteiger partial charge in [-0.2, -0.15) is 11.8 Å². The number of hydrogen-bond acceptors (Lipinski definition) is 3. The predicted octanol–water partition coefficient (Wildman–Crippen LogP) is 3.37. The molecule has 18 heavy (non-hydrogen) atoms. The Morgan fingerprint density at radius 3 is 2.78 bits per heavy atom. The van der Waals surface area contributed by atoms with Crippen molar-refractivity contribution in [3.8, 4) is 0 Å². The lowest BCUT2D eigenvalue weighted by Gasteiger charge is -2.19. The van der Waals surface area contributed by atoms with Crippen molar-refractivity contribution < 1.29 is 0 Å². The van der Waals surface area contributed by atoms with E-state index >= 15 is 0 Å². The summed E-state index contributed by atoms with van der Waals surface area (Å²) in [5.74, 6) is 0. The molecular formula is C15H32N2S. The third-order valence-corrected chi connectivity index (χ3v) is 4.99. The molecule has 108 valence electrons. The Balaban J connectivity index is 1.95. The van der Waals surface area contributed by atoms with Gasteiger partial charge in [-0.15, -0.1) is 0 Å². The number of nitrogens with one attached hydrogen (secondary N) is 1. The number of nitrogens with zero attached hydrogens (tertiary/aromatic N) is 1. The maximum atomic E-state index is 3.48. The summed E-state index contributed by atoms with van der Waals surface area (Å²) >= 11 is 2.07. The summed E-state index contributed by atoms with van der Waals surface area (Å²) in [6.07, 6.45) is 11.9. The van der Waals surface area contributed by atoms with E-state index in [2.05, 4.69) is 35.2 Å². The molecule has 1 atom stereocenters. The summed E-state index contributed by atoms with van der Waals surface area (Å²) < 4.78 is 0. The highest BCUT2D eigenvalue weighted by Crippen LogP contribution is 2.21. The Morgan fingerprint density at radius 2 is 2.00 bits per heavy atom. The number of unbranched alkanes of at least 4 members (excludes halogenated alkanes) is 2. The highest BCUT2D eigenvalue weighted by molar-refractivity contribution is 7.99. The van der Waals surface area contributed by atoms with Crippen molar-refractivity contribution in [2.75, 3.05) is 39.0 Å². The van der Waals surface area contributed by atoms with Crippen molar-refractivity contribution in [3.63, 3.8) is 0 Å². The Kier molecular flexibility index (Phi) is 10.1. The summed E-state index contributed by atoms with van der Waals surface area (Å²) in [7, 11) is 0. The lowest BCUT2D eigenvalue weighted by Crippen LogP contribution is -2.26. The number of likely N-dealkylation sites (tertiary alicyclic amines) is 1. The van der Waals surface area contributed by atoms with Crippen LogP contribution in [0.1, 0.15) is 51.9 Å². The predicted molar refractivity (Wildman–Crippen MR) is 84.6 cm³/mol. The molecule has 1 aliphatic heterocycles. The standard InChI is InChI=1S/C15H32N2S/c1-3-10-16-11-5-4-6-12-17-13-7-8-15(18-2)9-14-17/h15-16H,3-14H2,1-2H3. The largest absolute Gasteiger partial charge is 0.317 e. The van der Waals surface area contributed by atoms with E-state index in [0.29, 0.717) is 0 Å². The van der Waals surface area contributed by atoms with E-state index in [9.17, 15) is 0 Å². The van der Waals surface area contributed by atoms with Crippen LogP contribution in [0.3, 0.4) is 0 Å². The molecule has 2 nitrogen and oxygen atoms in total. The first-order chi connectivity index (χ1) is 8.86. The van der Waals surface area contributed by atoms with Crippen molar-refractivity contribution in [1.29, 1.82) is 0 Å². The minimum atomic E-state index is 0.924. The van der Waals surface area contributed by atoms with Gasteiger partial charge in [-0.05, 0) is 77.5 Å². The third-order valence-electron chi connectivity index (χ3n) is 3.86. The fourth-order valence-corrected chi connectivity index (χ4v) is 3.39. The second-order valence-corrected chi connectivity index (χ2v) is 6.58. The number of thioether (sulfide) groups is 1. The van der Waals surface area contributed by atoms with Gasteiger partial charge < -0.3 is 10.2 Å². The summed E-state index contributed by atoms with van der Waals surface area (Å²) in [5, 5.41) is 4.40. The monoisotopic (exact) mass is 272 g/mol. The molecule has 1 fully saturated rings. The van der Waals surface area contributed by atoms with Gasteiger partial charge in [0.15, 0.2) is 0 Å². The van der Waals surface area contributed by atoms with Crippen LogP contribution in [0.5, 0.6) is 0 Å². The molecule has 0 spiro atoms. The normalized spacial score (nSPS) is 22.0. The van der Waals surface area contributed by atoms with E-state index in [1.807, 2.05) is 0 Å². The van der Waals surface area contributed by atoms with E-state index in [0.717, 1.165) is 5.25 Å². The SMILES string of the molecule is CCCNCCCCCN1CCCC(SC)CC1. The number of hydrogen-bond donors (Lipinski definition) is 1. The second kappa shape index (κ2) is 11.1. The lowest BCUT2D eigenvalue weighted by atomic mass is 10.2. The zero-order valence-corrected chi connectivity index (χ0v) is 13.2. The molecular weight excluding hydrogens is 240 g/mol. The van der Waals surface area contributed by atoms with Crippen molar-refractivity contribution in [1.82, 2.24) is 10.2 Å². The van der Waals surface area contributed by atoms with Gasteiger partial charge >= 0.3 is 0 Å². The fraction of sp³-hybridized carbons (Fsp3) is 1.00. The van der Waals surface area contributed by atoms with Crippen LogP contribution in [-0.2, 0) is 0 Å². The average molecular weight is 273 g/mol. The smallest absolute Gasteiger partial charge is 0.00569 e. The molecule has 1 rings (SSSR count). The van der Waals surface area contributed by atoms with Gasteiger partial charge in [0.05, 0.1) is 0 Å². The highest BCUT2D eigenvalue weighted by Gasteiger charge is 2.15. The minimum absolute atomic E-state index is 0.924. The van der Waals surface area contributed by atoms with Gasteiger partial charge in [0.1, 0.15) is 0 Å². The zero-order chi connectivity index (χ0) is 13.1. The molecule has 0 aliphatic carbocycles. The molecule has 1 aliphatic rings. The van der Waals surface area contributed by atoms with Crippen LogP contribution >= 0.6 is 11.8 Å². The van der Waals surface area contributed by atoms with Crippen LogP contribution in [-0.4, -0.2) is 49.1 Å². The Labute approximate surface area is 118 Å². The summed E-state index contributed by atoms with van der Waals surface area (Å²) in [6, 6.07) is 0. The van der Waals surface area contributed by atoms with Gasteiger partial charge in [0.2, 0.25) is 0 Å². The second-order valence-electron chi connectivity index (χ2n) is 5.44. The summed E-state index contributed by atoms with van der Waals surface area (Å²) in [5.41, 5.74) is 0. The molecule has 0 aromatic rings. The molecule has 0 aromatic carbocycles. The summed E-state index contributed by atoms with van der Waals surface area (Å²) in [4.78, 5) is 2.69. The molecule has 1 heterocycles. The van der Waals surface area contributed by atoms with Gasteiger partial charge in [-0.25, -0.2) is 0 Å². The Hall–Kier alpha value is 0.270. The quantitative estimate of drug-likeness (QED) is 0.648. The average Bonchev–Trinajstić information content (AvgIpc) is 2.63. The molecule has 0 amide bonds. The Bertz CT molecular complexity index is 187. The molecule has 0 aromatic heterocycles. The van der Waals surface area contributed by atoms with Crippen LogP contribution in [0.15, 0.2) is 0 Å². The van der Waals surface area contributed by atoms with Crippen LogP contribution in [0.2, 0.25) is 0 Å². The van der Waals surface area contributed by atoms with Crippen LogP contribution in [0, 0.1) is 0 Å². The molecule has 0 radical (unpaired) electrons. The van der Waals surface area contributed by atoms with Gasteiger partial charge in [-0.3, -0.25) is 0 Å². The topological polar surface area (TPSA) is 15.3 Å². The molecule has 1 N–H and O–H groups in total. The van der Waals surface area contributed by atoms with E-state index in [1.165, 1.54) is 77.7 Å². The van der Waals surface area contributed by atoms with E-state index in [1.54, 1.807) is 0 Å². The minimum Gasteiger partial charge on any atom is -0.317 e. The zero-order valence-electron chi connectivity index (χ0n) is 12.4. The first-order valence-corrected chi connectivity index (χ1v) is 9.11. The molecule has 0 saturated carbocycles. The molecule has 0 bridgehead atoms. The van der Waals surface area contributed by atoms with Crippen LogP contribution in [0.4, 0.5) is 0 Å². The van der Waals surface area contributed by atoms with Gasteiger partial charge in [-0.1, -0.05) is 13.3 Å². The van der Waals surface area contributed by atoms with Crippen LogP contribution < -0.4 is 5.32 Å². The van der Waals surface area contributed by atoms with Crippen LogP contribution in [0.25, 0.3) is 0 Å². The maximum absolute atomic E-state index is 3.48. The lowest BCUT2D eigenvalue weighted by molar-refractivity contribution is 0.278. The molecule has 1 unspecified atom stereocenters. The van der Waals surface area contributed by atoms with E-state index in [-0.39, 0.29) is 0 Å². The van der Waals surface area contributed by atoms with E-state index < -0.39 is 0 Å². The van der Waals surface area contributed by atoms with E-state index in [4.69, 9.17) is 0 Å². The molecule has 1 saturated heterocycles. The first kappa shape index (κ1) is 16.3. The van der Waals surface area contributed by atoms with Crippen molar-refractivity contribution in [3.05, 3.63) is 0 Å². The third kappa shape index (κ3) is 7.65. The summed E-state index contributed by atoms with van der Waals surface area (Å²) in [6.45, 7) is 8.62. The Morgan fingerprint density at radius 1 is 1.11 bits per heavy atom. The molecule has 3 heteroatoms. The van der Waals surface area contributed by atoms with Gasteiger partial charge in [0, 0.05) is 5.25 Å². The first-order valence-electron chi connectivity index (χ1n) is 7.82.